The van der Waals surface area contributed by atoms with Crippen LogP contribution in [0.4, 0.5) is 0 Å². The summed E-state index contributed by atoms with van der Waals surface area (Å²) in [7, 11) is 0. The standard InChI is InChI=1S/C11H14N4/c1-8-10-5-12-7-13-11(10)15(14-8)6-9-3-2-4-9/h5,7,9H,2-4,6H2,1H3. The zero-order chi connectivity index (χ0) is 10.3. The minimum Gasteiger partial charge on any atom is -0.247 e. The fourth-order valence-electron chi connectivity index (χ4n) is 2.11. The SMILES string of the molecule is Cc1nn(CC2CCC2)c2ncncc12. The second-order valence-electron chi connectivity index (χ2n) is 4.32. The van der Waals surface area contributed by atoms with Crippen LogP contribution in [0.1, 0.15) is 25.0 Å². The topological polar surface area (TPSA) is 43.6 Å². The van der Waals surface area contributed by atoms with Gasteiger partial charge in [-0.3, -0.25) is 0 Å². The fourth-order valence-corrected chi connectivity index (χ4v) is 2.11. The van der Waals surface area contributed by atoms with Crippen molar-refractivity contribution in [3.63, 3.8) is 0 Å². The molecular formula is C11H14N4. The van der Waals surface area contributed by atoms with E-state index in [1.54, 1.807) is 6.33 Å². The molecule has 78 valence electrons. The molecule has 3 rings (SSSR count). The highest BCUT2D eigenvalue weighted by molar-refractivity contribution is 5.76. The summed E-state index contributed by atoms with van der Waals surface area (Å²) < 4.78 is 2.04. The highest BCUT2D eigenvalue weighted by Gasteiger charge is 2.20. The van der Waals surface area contributed by atoms with Crippen LogP contribution in [-0.2, 0) is 6.54 Å². The van der Waals surface area contributed by atoms with Crippen molar-refractivity contribution in [2.24, 2.45) is 5.92 Å². The number of hydrogen-bond acceptors (Lipinski definition) is 3. The van der Waals surface area contributed by atoms with Crippen molar-refractivity contribution >= 4 is 11.0 Å². The molecule has 2 heterocycles. The summed E-state index contributed by atoms with van der Waals surface area (Å²) in [6.45, 7) is 3.03. The normalized spacial score (nSPS) is 16.9. The van der Waals surface area contributed by atoms with Gasteiger partial charge in [0.2, 0.25) is 0 Å². The maximum atomic E-state index is 4.53. The van der Waals surface area contributed by atoms with Crippen LogP contribution in [-0.4, -0.2) is 19.7 Å². The summed E-state index contributed by atoms with van der Waals surface area (Å²) in [6.07, 6.45) is 7.50. The summed E-state index contributed by atoms with van der Waals surface area (Å²) in [4.78, 5) is 8.34. The van der Waals surface area contributed by atoms with E-state index in [-0.39, 0.29) is 0 Å². The van der Waals surface area contributed by atoms with Crippen LogP contribution >= 0.6 is 0 Å². The first-order chi connectivity index (χ1) is 7.34. The van der Waals surface area contributed by atoms with Gasteiger partial charge in [-0.25, -0.2) is 14.6 Å². The van der Waals surface area contributed by atoms with E-state index in [2.05, 4.69) is 15.1 Å². The molecular weight excluding hydrogens is 188 g/mol. The number of aryl methyl sites for hydroxylation is 1. The molecule has 15 heavy (non-hydrogen) atoms. The molecule has 0 N–H and O–H groups in total. The van der Waals surface area contributed by atoms with E-state index in [0.717, 1.165) is 29.2 Å². The lowest BCUT2D eigenvalue weighted by molar-refractivity contribution is 0.269. The van der Waals surface area contributed by atoms with E-state index in [1.165, 1.54) is 19.3 Å². The quantitative estimate of drug-likeness (QED) is 0.747. The van der Waals surface area contributed by atoms with E-state index in [1.807, 2.05) is 17.8 Å². The van der Waals surface area contributed by atoms with E-state index in [4.69, 9.17) is 0 Å². The second kappa shape index (κ2) is 3.29. The molecule has 0 amide bonds. The van der Waals surface area contributed by atoms with Gasteiger partial charge in [-0.2, -0.15) is 5.10 Å². The summed E-state index contributed by atoms with van der Waals surface area (Å²) in [6, 6.07) is 0. The van der Waals surface area contributed by atoms with Gasteiger partial charge >= 0.3 is 0 Å². The van der Waals surface area contributed by atoms with Gasteiger partial charge in [0.05, 0.1) is 11.1 Å². The second-order valence-corrected chi connectivity index (χ2v) is 4.32. The Kier molecular flexibility index (Phi) is 1.94. The predicted molar refractivity (Wildman–Crippen MR) is 57.4 cm³/mol. The van der Waals surface area contributed by atoms with Crippen LogP contribution in [0.3, 0.4) is 0 Å². The third-order valence-electron chi connectivity index (χ3n) is 3.25. The highest BCUT2D eigenvalue weighted by atomic mass is 15.3. The lowest BCUT2D eigenvalue weighted by Crippen LogP contribution is -2.19. The Morgan fingerprint density at radius 2 is 2.33 bits per heavy atom. The zero-order valence-corrected chi connectivity index (χ0v) is 8.85. The van der Waals surface area contributed by atoms with Gasteiger partial charge in [0.25, 0.3) is 0 Å². The smallest absolute Gasteiger partial charge is 0.161 e. The summed E-state index contributed by atoms with van der Waals surface area (Å²) in [5.41, 5.74) is 2.01. The van der Waals surface area contributed by atoms with Crippen LogP contribution in [0.15, 0.2) is 12.5 Å². The molecule has 0 unspecified atom stereocenters. The lowest BCUT2D eigenvalue weighted by Gasteiger charge is -2.24. The number of fused-ring (bicyclic) bond motifs is 1. The van der Waals surface area contributed by atoms with E-state index >= 15 is 0 Å². The van der Waals surface area contributed by atoms with Crippen molar-refractivity contribution in [2.45, 2.75) is 32.7 Å². The van der Waals surface area contributed by atoms with E-state index in [9.17, 15) is 0 Å². The van der Waals surface area contributed by atoms with Gasteiger partial charge in [0.1, 0.15) is 6.33 Å². The molecule has 1 aliphatic rings. The van der Waals surface area contributed by atoms with Crippen molar-refractivity contribution in [1.29, 1.82) is 0 Å². The number of rotatable bonds is 2. The summed E-state index contributed by atoms with van der Waals surface area (Å²) >= 11 is 0. The molecule has 0 bridgehead atoms. The van der Waals surface area contributed by atoms with Crippen molar-refractivity contribution in [3.05, 3.63) is 18.2 Å². The first-order valence-corrected chi connectivity index (χ1v) is 5.48. The Bertz CT molecular complexity index is 484. The highest BCUT2D eigenvalue weighted by Crippen LogP contribution is 2.28. The third-order valence-corrected chi connectivity index (χ3v) is 3.25. The van der Waals surface area contributed by atoms with Crippen molar-refractivity contribution in [3.8, 4) is 0 Å². The monoisotopic (exact) mass is 202 g/mol. The van der Waals surface area contributed by atoms with Gasteiger partial charge in [-0.05, 0) is 25.7 Å². The average Bonchev–Trinajstić information content (AvgIpc) is 2.51. The molecule has 1 saturated carbocycles. The minimum atomic E-state index is 0.808. The molecule has 4 nitrogen and oxygen atoms in total. The van der Waals surface area contributed by atoms with Gasteiger partial charge in [0, 0.05) is 12.7 Å². The maximum Gasteiger partial charge on any atom is 0.161 e. The van der Waals surface area contributed by atoms with Gasteiger partial charge in [0.15, 0.2) is 5.65 Å². The van der Waals surface area contributed by atoms with Crippen molar-refractivity contribution in [1.82, 2.24) is 19.7 Å². The molecule has 2 aromatic rings. The van der Waals surface area contributed by atoms with Crippen LogP contribution in [0.5, 0.6) is 0 Å². The Balaban J connectivity index is 2.02. The molecule has 0 saturated heterocycles. The lowest BCUT2D eigenvalue weighted by atomic mass is 9.85. The molecule has 0 aromatic carbocycles. The molecule has 0 spiro atoms. The molecule has 1 aliphatic carbocycles. The fraction of sp³-hybridized carbons (Fsp3) is 0.545. The Hall–Kier alpha value is -1.45. The molecule has 4 heteroatoms. The van der Waals surface area contributed by atoms with Gasteiger partial charge in [-0.1, -0.05) is 6.42 Å². The largest absolute Gasteiger partial charge is 0.247 e. The summed E-state index contributed by atoms with van der Waals surface area (Å²) in [5.74, 6) is 0.808. The number of nitrogens with zero attached hydrogens (tertiary/aromatic N) is 4. The first kappa shape index (κ1) is 8.83. The Morgan fingerprint density at radius 1 is 1.47 bits per heavy atom. The van der Waals surface area contributed by atoms with Gasteiger partial charge < -0.3 is 0 Å². The Labute approximate surface area is 88.3 Å². The van der Waals surface area contributed by atoms with Crippen molar-refractivity contribution < 1.29 is 0 Å². The van der Waals surface area contributed by atoms with E-state index in [0.29, 0.717) is 0 Å². The number of aromatic nitrogens is 4. The van der Waals surface area contributed by atoms with Gasteiger partial charge in [-0.15, -0.1) is 0 Å². The molecule has 0 aliphatic heterocycles. The molecule has 0 radical (unpaired) electrons. The van der Waals surface area contributed by atoms with Crippen LogP contribution in [0.2, 0.25) is 0 Å². The summed E-state index contributed by atoms with van der Waals surface area (Å²) in [5, 5.41) is 5.61. The van der Waals surface area contributed by atoms with Crippen LogP contribution in [0.25, 0.3) is 11.0 Å². The Morgan fingerprint density at radius 3 is 3.07 bits per heavy atom. The minimum absolute atomic E-state index is 0.808. The zero-order valence-electron chi connectivity index (χ0n) is 8.85. The molecule has 2 aromatic heterocycles. The van der Waals surface area contributed by atoms with E-state index < -0.39 is 0 Å². The van der Waals surface area contributed by atoms with Crippen LogP contribution in [0, 0.1) is 12.8 Å². The number of hydrogen-bond donors (Lipinski definition) is 0. The predicted octanol–water partition coefficient (Wildman–Crippen LogP) is 1.93. The molecule has 1 fully saturated rings. The average molecular weight is 202 g/mol. The van der Waals surface area contributed by atoms with Crippen LogP contribution < -0.4 is 0 Å². The molecule has 0 atom stereocenters. The first-order valence-electron chi connectivity index (χ1n) is 5.48. The third kappa shape index (κ3) is 1.40. The van der Waals surface area contributed by atoms with Crippen molar-refractivity contribution in [2.75, 3.05) is 0 Å². The maximum absolute atomic E-state index is 4.53.